The second-order valence-corrected chi connectivity index (χ2v) is 10.6. The molecule has 0 unspecified atom stereocenters. The van der Waals surface area contributed by atoms with Crippen LogP contribution >= 0.6 is 69.6 Å². The number of alkyl halides is 6. The Morgan fingerprint density at radius 1 is 0.833 bits per heavy atom. The second kappa shape index (κ2) is 9.78. The first-order chi connectivity index (χ1) is 14.1. The third kappa shape index (κ3) is 5.33. The Hall–Kier alpha value is -0.790. The summed E-state index contributed by atoms with van der Waals surface area (Å²) in [5.74, 6) is 0.674. The summed E-state index contributed by atoms with van der Waals surface area (Å²) in [5.41, 5.74) is 0.786. The van der Waals surface area contributed by atoms with Gasteiger partial charge in [0.15, 0.2) is 0 Å². The molecule has 1 heterocycles. The monoisotopic (exact) mass is 527 g/mol. The van der Waals surface area contributed by atoms with Crippen molar-refractivity contribution in [2.75, 3.05) is 19.8 Å². The first-order valence-electron chi connectivity index (χ1n) is 8.75. The highest BCUT2D eigenvalue weighted by molar-refractivity contribution is 6.69. The minimum atomic E-state index is -1.97. The van der Waals surface area contributed by atoms with Gasteiger partial charge in [-0.15, -0.1) is 10.2 Å². The molecule has 0 aliphatic carbocycles. The molecule has 0 aliphatic heterocycles. The fourth-order valence-corrected chi connectivity index (χ4v) is 3.87. The highest BCUT2D eigenvalue weighted by Gasteiger charge is 2.40. The third-order valence-electron chi connectivity index (χ3n) is 4.14. The van der Waals surface area contributed by atoms with Gasteiger partial charge in [-0.1, -0.05) is 93.9 Å². The van der Waals surface area contributed by atoms with Crippen LogP contribution in [0, 0.1) is 0 Å². The van der Waals surface area contributed by atoms with Gasteiger partial charge in [0.1, 0.15) is 23.7 Å². The summed E-state index contributed by atoms with van der Waals surface area (Å²) >= 11 is 36.8. The first kappa shape index (κ1) is 23.9. The van der Waals surface area contributed by atoms with Crippen molar-refractivity contribution in [3.05, 3.63) is 47.7 Å². The largest absolute Gasteiger partial charge is 0.491 e. The summed E-state index contributed by atoms with van der Waals surface area (Å²) in [5, 5.41) is 13.3. The minimum Gasteiger partial charge on any atom is -0.491 e. The van der Waals surface area contributed by atoms with Gasteiger partial charge in [0.25, 0.3) is 0 Å². The van der Waals surface area contributed by atoms with E-state index in [9.17, 15) is 0 Å². The third-order valence-corrected chi connectivity index (χ3v) is 5.25. The van der Waals surface area contributed by atoms with E-state index in [1.807, 2.05) is 31.2 Å². The average molecular weight is 530 g/mol. The molecule has 11 heteroatoms. The number of hydrogen-bond donors (Lipinski definition) is 0. The fourth-order valence-electron chi connectivity index (χ4n) is 2.94. The van der Waals surface area contributed by atoms with Crippen LogP contribution in [0.1, 0.15) is 18.2 Å². The van der Waals surface area contributed by atoms with E-state index in [4.69, 9.17) is 79.1 Å². The Kier molecular flexibility index (Phi) is 7.78. The van der Waals surface area contributed by atoms with Crippen LogP contribution in [-0.2, 0) is 12.3 Å². The van der Waals surface area contributed by atoms with Gasteiger partial charge in [-0.2, -0.15) is 0 Å². The Balaban J connectivity index is 2.19. The Labute approximate surface area is 203 Å². The van der Waals surface area contributed by atoms with Crippen LogP contribution in [0.25, 0.3) is 22.0 Å². The average Bonchev–Trinajstić information content (AvgIpc) is 2.69. The van der Waals surface area contributed by atoms with Crippen LogP contribution in [0.3, 0.4) is 0 Å². The summed E-state index contributed by atoms with van der Waals surface area (Å²) in [7, 11) is 0. The SMILES string of the molecule is CCOCCOc1ccc(-c2nnnc(C(Cl)(Cl)Cl)c2C(Cl)(Cl)Cl)c2ccccc12. The van der Waals surface area contributed by atoms with Crippen molar-refractivity contribution in [1.29, 1.82) is 0 Å². The molecule has 3 aromatic rings. The molecule has 30 heavy (non-hydrogen) atoms. The number of hydrogen-bond acceptors (Lipinski definition) is 5. The van der Waals surface area contributed by atoms with Crippen LogP contribution in [0.4, 0.5) is 0 Å². The zero-order valence-corrected chi connectivity index (χ0v) is 20.0. The molecule has 0 bridgehead atoms. The quantitative estimate of drug-likeness (QED) is 0.261. The topological polar surface area (TPSA) is 57.1 Å². The van der Waals surface area contributed by atoms with Crippen LogP contribution in [-0.4, -0.2) is 35.2 Å². The van der Waals surface area contributed by atoms with E-state index in [2.05, 4.69) is 15.4 Å². The van der Waals surface area contributed by atoms with Gasteiger partial charge in [0.05, 0.1) is 12.2 Å². The molecular formula is C19H15Cl6N3O2. The molecule has 1 aromatic heterocycles. The molecule has 3 rings (SSSR count). The molecule has 0 fully saturated rings. The van der Waals surface area contributed by atoms with Gasteiger partial charge in [-0.05, 0) is 29.7 Å². The maximum atomic E-state index is 6.21. The maximum absolute atomic E-state index is 6.21. The lowest BCUT2D eigenvalue weighted by molar-refractivity contribution is 0.111. The van der Waals surface area contributed by atoms with Crippen molar-refractivity contribution >= 4 is 80.4 Å². The highest BCUT2D eigenvalue weighted by atomic mass is 35.6. The summed E-state index contributed by atoms with van der Waals surface area (Å²) < 4.78 is 7.26. The van der Waals surface area contributed by atoms with Crippen LogP contribution in [0.15, 0.2) is 36.4 Å². The fraction of sp³-hybridized carbons (Fsp3) is 0.316. The molecule has 0 amide bonds. The molecule has 0 aliphatic rings. The Bertz CT molecular complexity index is 1040. The van der Waals surface area contributed by atoms with E-state index in [-0.39, 0.29) is 17.0 Å². The number of ether oxygens (including phenoxy) is 2. The number of halogens is 6. The van der Waals surface area contributed by atoms with Gasteiger partial charge < -0.3 is 9.47 Å². The van der Waals surface area contributed by atoms with E-state index in [1.54, 1.807) is 12.1 Å². The zero-order chi connectivity index (χ0) is 21.9. The van der Waals surface area contributed by atoms with E-state index in [0.29, 0.717) is 31.1 Å². The molecule has 0 saturated heterocycles. The predicted molar refractivity (Wildman–Crippen MR) is 123 cm³/mol. The smallest absolute Gasteiger partial charge is 0.234 e. The highest BCUT2D eigenvalue weighted by Crippen LogP contribution is 2.50. The van der Waals surface area contributed by atoms with Gasteiger partial charge in [-0.3, -0.25) is 0 Å². The van der Waals surface area contributed by atoms with E-state index in [1.165, 1.54) is 0 Å². The molecular weight excluding hydrogens is 515 g/mol. The van der Waals surface area contributed by atoms with Crippen molar-refractivity contribution in [3.63, 3.8) is 0 Å². The summed E-state index contributed by atoms with van der Waals surface area (Å²) in [6, 6.07) is 11.1. The molecule has 2 aromatic carbocycles. The van der Waals surface area contributed by atoms with E-state index < -0.39 is 7.59 Å². The zero-order valence-electron chi connectivity index (χ0n) is 15.5. The second-order valence-electron chi connectivity index (χ2n) is 6.06. The summed E-state index contributed by atoms with van der Waals surface area (Å²) in [4.78, 5) is 0. The van der Waals surface area contributed by atoms with Crippen LogP contribution in [0.2, 0.25) is 0 Å². The summed E-state index contributed by atoms with van der Waals surface area (Å²) in [6.07, 6.45) is 0. The Morgan fingerprint density at radius 3 is 2.17 bits per heavy atom. The Morgan fingerprint density at radius 2 is 1.53 bits per heavy atom. The van der Waals surface area contributed by atoms with Crippen LogP contribution < -0.4 is 4.74 Å². The minimum absolute atomic E-state index is 0.0395. The van der Waals surface area contributed by atoms with E-state index >= 15 is 0 Å². The molecule has 0 atom stereocenters. The van der Waals surface area contributed by atoms with E-state index in [0.717, 1.165) is 10.8 Å². The maximum Gasteiger partial charge on any atom is 0.234 e. The van der Waals surface area contributed by atoms with Crippen molar-refractivity contribution in [2.24, 2.45) is 0 Å². The number of benzene rings is 2. The first-order valence-corrected chi connectivity index (χ1v) is 11.0. The number of rotatable bonds is 6. The lowest BCUT2D eigenvalue weighted by Gasteiger charge is -2.22. The standard InChI is InChI=1S/C19H15Cl6N3O2/c1-2-29-9-10-30-14-8-7-13(11-5-3-4-6-12(11)14)16-15(18(20,21)22)17(19(23,24)25)27-28-26-16/h3-8H,2,9-10H2,1H3. The normalized spacial score (nSPS) is 12.4. The van der Waals surface area contributed by atoms with Gasteiger partial charge in [-0.25, -0.2) is 0 Å². The van der Waals surface area contributed by atoms with Crippen molar-refractivity contribution < 1.29 is 9.47 Å². The van der Waals surface area contributed by atoms with Crippen LogP contribution in [0.5, 0.6) is 5.75 Å². The molecule has 0 spiro atoms. The molecule has 5 nitrogen and oxygen atoms in total. The molecule has 0 N–H and O–H groups in total. The lowest BCUT2D eigenvalue weighted by atomic mass is 9.98. The number of aromatic nitrogens is 3. The van der Waals surface area contributed by atoms with Gasteiger partial charge in [0, 0.05) is 17.6 Å². The predicted octanol–water partition coefficient (Wildman–Crippen LogP) is 6.76. The molecule has 160 valence electrons. The lowest BCUT2D eigenvalue weighted by Crippen LogP contribution is -2.18. The number of nitrogens with zero attached hydrogens (tertiary/aromatic N) is 3. The van der Waals surface area contributed by atoms with Gasteiger partial charge >= 0.3 is 0 Å². The molecule has 0 radical (unpaired) electrons. The van der Waals surface area contributed by atoms with Crippen molar-refractivity contribution in [1.82, 2.24) is 15.4 Å². The van der Waals surface area contributed by atoms with Gasteiger partial charge in [0.2, 0.25) is 7.59 Å². The van der Waals surface area contributed by atoms with Crippen molar-refractivity contribution in [2.45, 2.75) is 14.5 Å². The van der Waals surface area contributed by atoms with Crippen molar-refractivity contribution in [3.8, 4) is 17.0 Å². The summed E-state index contributed by atoms with van der Waals surface area (Å²) in [6.45, 7) is 3.43. The number of fused-ring (bicyclic) bond motifs is 1. The molecule has 0 saturated carbocycles.